The van der Waals surface area contributed by atoms with Gasteiger partial charge in [-0.25, -0.2) is 0 Å². The van der Waals surface area contributed by atoms with Gasteiger partial charge in [-0.1, -0.05) is 35.9 Å². The van der Waals surface area contributed by atoms with Gasteiger partial charge in [0.25, 0.3) is 0 Å². The van der Waals surface area contributed by atoms with E-state index in [9.17, 15) is 9.59 Å². The van der Waals surface area contributed by atoms with Crippen LogP contribution >= 0.6 is 11.6 Å². The molecule has 6 heteroatoms. The van der Waals surface area contributed by atoms with Crippen LogP contribution in [-0.4, -0.2) is 31.4 Å². The predicted molar refractivity (Wildman–Crippen MR) is 93.5 cm³/mol. The SMILES string of the molecule is COc1ccc(C[C@H](N)C(=O)NCC(=O)c2ccccc2Cl)cc1. The number of ketones is 1. The Hall–Kier alpha value is -2.37. The van der Waals surface area contributed by atoms with E-state index in [2.05, 4.69) is 5.32 Å². The van der Waals surface area contributed by atoms with E-state index < -0.39 is 6.04 Å². The number of ether oxygens (including phenoxy) is 1. The van der Waals surface area contributed by atoms with Crippen molar-refractivity contribution in [1.82, 2.24) is 5.32 Å². The molecule has 24 heavy (non-hydrogen) atoms. The van der Waals surface area contributed by atoms with Crippen molar-refractivity contribution >= 4 is 23.3 Å². The van der Waals surface area contributed by atoms with Gasteiger partial charge in [-0.3, -0.25) is 9.59 Å². The molecule has 0 saturated carbocycles. The van der Waals surface area contributed by atoms with Crippen molar-refractivity contribution in [3.8, 4) is 5.75 Å². The Morgan fingerprint density at radius 3 is 2.46 bits per heavy atom. The third-order valence-electron chi connectivity index (χ3n) is 3.55. The van der Waals surface area contributed by atoms with E-state index in [-0.39, 0.29) is 18.2 Å². The molecule has 126 valence electrons. The summed E-state index contributed by atoms with van der Waals surface area (Å²) in [7, 11) is 1.59. The molecule has 0 bridgehead atoms. The molecule has 3 N–H and O–H groups in total. The van der Waals surface area contributed by atoms with Gasteiger partial charge in [-0.15, -0.1) is 0 Å². The van der Waals surface area contributed by atoms with Crippen molar-refractivity contribution in [3.05, 3.63) is 64.7 Å². The highest BCUT2D eigenvalue weighted by Gasteiger charge is 2.16. The van der Waals surface area contributed by atoms with Crippen LogP contribution in [0.15, 0.2) is 48.5 Å². The lowest BCUT2D eigenvalue weighted by molar-refractivity contribution is -0.122. The van der Waals surface area contributed by atoms with Crippen molar-refractivity contribution < 1.29 is 14.3 Å². The highest BCUT2D eigenvalue weighted by Crippen LogP contribution is 2.15. The first-order valence-corrected chi connectivity index (χ1v) is 7.83. The molecule has 1 atom stereocenters. The molecule has 0 aliphatic heterocycles. The van der Waals surface area contributed by atoms with Crippen molar-refractivity contribution in [2.75, 3.05) is 13.7 Å². The molecule has 0 saturated heterocycles. The van der Waals surface area contributed by atoms with Crippen LogP contribution in [0.2, 0.25) is 5.02 Å². The highest BCUT2D eigenvalue weighted by molar-refractivity contribution is 6.34. The Kier molecular flexibility index (Phi) is 6.35. The van der Waals surface area contributed by atoms with Gasteiger partial charge < -0.3 is 15.8 Å². The minimum absolute atomic E-state index is 0.140. The normalized spacial score (nSPS) is 11.6. The van der Waals surface area contributed by atoms with Gasteiger partial charge in [-0.05, 0) is 36.2 Å². The predicted octanol–water partition coefficient (Wildman–Crippen LogP) is 2.22. The molecule has 2 rings (SSSR count). The molecule has 0 heterocycles. The standard InChI is InChI=1S/C18H19ClN2O3/c1-24-13-8-6-12(7-9-13)10-16(20)18(23)21-11-17(22)14-4-2-3-5-15(14)19/h2-9,16H,10-11,20H2,1H3,(H,21,23)/t16-/m0/s1. The summed E-state index contributed by atoms with van der Waals surface area (Å²) < 4.78 is 5.08. The number of carbonyl (C=O) groups is 2. The third kappa shape index (κ3) is 4.81. The second kappa shape index (κ2) is 8.47. The van der Waals surface area contributed by atoms with Crippen molar-refractivity contribution in [2.45, 2.75) is 12.5 Å². The van der Waals surface area contributed by atoms with Gasteiger partial charge in [0.2, 0.25) is 5.91 Å². The van der Waals surface area contributed by atoms with E-state index in [0.717, 1.165) is 11.3 Å². The molecule has 0 aromatic heterocycles. The maximum atomic E-state index is 12.1. The number of nitrogens with one attached hydrogen (secondary N) is 1. The lowest BCUT2D eigenvalue weighted by Gasteiger charge is -2.12. The van der Waals surface area contributed by atoms with E-state index in [4.69, 9.17) is 22.1 Å². The second-order valence-corrected chi connectivity index (χ2v) is 5.69. The molecule has 0 fully saturated rings. The molecule has 0 aliphatic carbocycles. The lowest BCUT2D eigenvalue weighted by Crippen LogP contribution is -2.43. The van der Waals surface area contributed by atoms with Gasteiger partial charge in [0.1, 0.15) is 5.75 Å². The summed E-state index contributed by atoms with van der Waals surface area (Å²) in [6.45, 7) is -0.140. The minimum atomic E-state index is -0.738. The Balaban J connectivity index is 1.87. The number of carbonyl (C=O) groups excluding carboxylic acids is 2. The van der Waals surface area contributed by atoms with E-state index in [0.29, 0.717) is 17.0 Å². The van der Waals surface area contributed by atoms with Crippen LogP contribution in [0.25, 0.3) is 0 Å². The van der Waals surface area contributed by atoms with Crippen LogP contribution in [0.4, 0.5) is 0 Å². The summed E-state index contributed by atoms with van der Waals surface area (Å²) in [5.74, 6) is 0.0962. The van der Waals surface area contributed by atoms with Crippen LogP contribution in [0, 0.1) is 0 Å². The van der Waals surface area contributed by atoms with E-state index in [1.54, 1.807) is 43.5 Å². The summed E-state index contributed by atoms with van der Waals surface area (Å²) in [6.07, 6.45) is 0.371. The van der Waals surface area contributed by atoms with Crippen molar-refractivity contribution in [3.63, 3.8) is 0 Å². The first kappa shape index (κ1) is 18.0. The number of amides is 1. The molecule has 0 radical (unpaired) electrons. The Bertz CT molecular complexity index is 716. The van der Waals surface area contributed by atoms with E-state index in [1.807, 2.05) is 12.1 Å². The van der Waals surface area contributed by atoms with Crippen LogP contribution in [0.3, 0.4) is 0 Å². The zero-order chi connectivity index (χ0) is 17.5. The molecule has 0 spiro atoms. The summed E-state index contributed by atoms with van der Waals surface area (Å²) in [5.41, 5.74) is 7.18. The average Bonchev–Trinajstić information content (AvgIpc) is 2.60. The van der Waals surface area contributed by atoms with Gasteiger partial charge in [0.05, 0.1) is 24.7 Å². The van der Waals surface area contributed by atoms with Gasteiger partial charge >= 0.3 is 0 Å². The third-order valence-corrected chi connectivity index (χ3v) is 3.88. The number of rotatable bonds is 7. The highest BCUT2D eigenvalue weighted by atomic mass is 35.5. The van der Waals surface area contributed by atoms with Crippen LogP contribution in [0.5, 0.6) is 5.75 Å². The molecule has 5 nitrogen and oxygen atoms in total. The first-order valence-electron chi connectivity index (χ1n) is 7.45. The monoisotopic (exact) mass is 346 g/mol. The fraction of sp³-hybridized carbons (Fsp3) is 0.222. The number of nitrogens with two attached hydrogens (primary N) is 1. The quantitative estimate of drug-likeness (QED) is 0.753. The summed E-state index contributed by atoms with van der Waals surface area (Å²) in [4.78, 5) is 24.1. The number of hydrogen-bond donors (Lipinski definition) is 2. The molecular formula is C18H19ClN2O3. The molecule has 0 unspecified atom stereocenters. The average molecular weight is 347 g/mol. The van der Waals surface area contributed by atoms with Crippen LogP contribution < -0.4 is 15.8 Å². The van der Waals surface area contributed by atoms with Gasteiger partial charge in [0, 0.05) is 5.56 Å². The number of hydrogen-bond acceptors (Lipinski definition) is 4. The lowest BCUT2D eigenvalue weighted by atomic mass is 10.1. The van der Waals surface area contributed by atoms with E-state index >= 15 is 0 Å². The maximum absolute atomic E-state index is 12.1. The van der Waals surface area contributed by atoms with Crippen molar-refractivity contribution in [1.29, 1.82) is 0 Å². The molecular weight excluding hydrogens is 328 g/mol. The number of halogens is 1. The minimum Gasteiger partial charge on any atom is -0.497 e. The molecule has 1 amide bonds. The number of benzene rings is 2. The summed E-state index contributed by atoms with van der Waals surface area (Å²) >= 11 is 5.96. The Labute approximate surface area is 145 Å². The maximum Gasteiger partial charge on any atom is 0.237 e. The van der Waals surface area contributed by atoms with Crippen LogP contribution in [-0.2, 0) is 11.2 Å². The van der Waals surface area contributed by atoms with Crippen LogP contribution in [0.1, 0.15) is 15.9 Å². The molecule has 2 aromatic rings. The first-order chi connectivity index (χ1) is 11.5. The Morgan fingerprint density at radius 1 is 1.17 bits per heavy atom. The van der Waals surface area contributed by atoms with Crippen molar-refractivity contribution in [2.24, 2.45) is 5.73 Å². The second-order valence-electron chi connectivity index (χ2n) is 5.28. The Morgan fingerprint density at radius 2 is 1.83 bits per heavy atom. The molecule has 0 aliphatic rings. The van der Waals surface area contributed by atoms with E-state index in [1.165, 1.54) is 0 Å². The largest absolute Gasteiger partial charge is 0.497 e. The zero-order valence-electron chi connectivity index (χ0n) is 13.3. The fourth-order valence-electron chi connectivity index (χ4n) is 2.19. The number of methoxy groups -OCH3 is 1. The zero-order valence-corrected chi connectivity index (χ0v) is 14.0. The smallest absolute Gasteiger partial charge is 0.237 e. The summed E-state index contributed by atoms with van der Waals surface area (Å²) in [5, 5.41) is 2.91. The molecule has 2 aromatic carbocycles. The fourth-order valence-corrected chi connectivity index (χ4v) is 2.43. The topological polar surface area (TPSA) is 81.4 Å². The van der Waals surface area contributed by atoms with Gasteiger partial charge in [-0.2, -0.15) is 0 Å². The van der Waals surface area contributed by atoms with Gasteiger partial charge in [0.15, 0.2) is 5.78 Å². The summed E-state index contributed by atoms with van der Waals surface area (Å²) in [6, 6.07) is 13.3. The number of Topliss-reactive ketones (excluding diaryl/α,β-unsaturated/α-hetero) is 1.